The molecule has 27 heavy (non-hydrogen) atoms. The lowest BCUT2D eigenvalue weighted by atomic mass is 9.95. The molecule has 3 aromatic rings. The van der Waals surface area contributed by atoms with Gasteiger partial charge in [0, 0.05) is 36.9 Å². The number of aromatic nitrogens is 2. The number of hydrogen-bond acceptors (Lipinski definition) is 5. The maximum absolute atomic E-state index is 13.3. The normalized spacial score (nSPS) is 21.5. The summed E-state index contributed by atoms with van der Waals surface area (Å²) in [5, 5.41) is 11.0. The van der Waals surface area contributed by atoms with Crippen LogP contribution < -0.4 is 0 Å². The van der Waals surface area contributed by atoms with E-state index >= 15 is 0 Å². The highest BCUT2D eigenvalue weighted by Gasteiger charge is 2.43. The highest BCUT2D eigenvalue weighted by Crippen LogP contribution is 2.38. The van der Waals surface area contributed by atoms with E-state index in [0.29, 0.717) is 12.0 Å². The number of benzene rings is 1. The Hall–Kier alpha value is -2.61. The molecule has 0 spiro atoms. The molecule has 0 fully saturated rings. The van der Waals surface area contributed by atoms with Gasteiger partial charge in [0.15, 0.2) is 0 Å². The van der Waals surface area contributed by atoms with Crippen molar-refractivity contribution in [2.45, 2.75) is 30.0 Å². The van der Waals surface area contributed by atoms with Crippen molar-refractivity contribution >= 4 is 10.0 Å². The first kappa shape index (κ1) is 17.8. The van der Waals surface area contributed by atoms with Crippen LogP contribution in [0, 0.1) is 0 Å². The van der Waals surface area contributed by atoms with Crippen molar-refractivity contribution < 1.29 is 13.5 Å². The van der Waals surface area contributed by atoms with E-state index in [0.717, 1.165) is 11.1 Å². The molecule has 0 aliphatic carbocycles. The highest BCUT2D eigenvalue weighted by atomic mass is 32.2. The molecule has 2 aromatic heterocycles. The summed E-state index contributed by atoms with van der Waals surface area (Å²) in [5.74, 6) is 0. The van der Waals surface area contributed by atoms with E-state index in [1.807, 2.05) is 12.1 Å². The molecule has 0 saturated heterocycles. The van der Waals surface area contributed by atoms with Gasteiger partial charge in [-0.3, -0.25) is 9.97 Å². The summed E-state index contributed by atoms with van der Waals surface area (Å²) in [6.07, 6.45) is 6.07. The Kier molecular flexibility index (Phi) is 4.73. The van der Waals surface area contributed by atoms with Crippen LogP contribution in [0.5, 0.6) is 0 Å². The van der Waals surface area contributed by atoms with Crippen molar-refractivity contribution in [2.75, 3.05) is 0 Å². The second-order valence-electron chi connectivity index (χ2n) is 6.52. The van der Waals surface area contributed by atoms with Gasteiger partial charge in [-0.05, 0) is 47.9 Å². The molecule has 0 radical (unpaired) electrons. The van der Waals surface area contributed by atoms with Crippen molar-refractivity contribution in [3.05, 3.63) is 90.0 Å². The number of aliphatic hydroxyl groups is 1. The lowest BCUT2D eigenvalue weighted by Gasteiger charge is -2.39. The predicted octanol–water partition coefficient (Wildman–Crippen LogP) is 2.33. The molecule has 1 aromatic carbocycles. The van der Waals surface area contributed by atoms with Crippen LogP contribution in [0.3, 0.4) is 0 Å². The third-order valence-electron chi connectivity index (χ3n) is 4.84. The number of aliphatic hydroxyl groups excluding tert-OH is 1. The van der Waals surface area contributed by atoms with Gasteiger partial charge in [-0.2, -0.15) is 4.31 Å². The van der Waals surface area contributed by atoms with Crippen LogP contribution in [-0.2, 0) is 23.0 Å². The van der Waals surface area contributed by atoms with Gasteiger partial charge in [-0.1, -0.05) is 18.2 Å². The van der Waals surface area contributed by atoms with Crippen molar-refractivity contribution in [1.82, 2.24) is 14.3 Å². The minimum absolute atomic E-state index is 0.164. The van der Waals surface area contributed by atoms with Crippen molar-refractivity contribution in [1.29, 1.82) is 0 Å². The van der Waals surface area contributed by atoms with E-state index in [9.17, 15) is 13.5 Å². The first-order valence-electron chi connectivity index (χ1n) is 8.64. The molecular weight excluding hydrogens is 362 g/mol. The topological polar surface area (TPSA) is 83.4 Å². The van der Waals surface area contributed by atoms with Crippen molar-refractivity contribution in [3.63, 3.8) is 0 Å². The van der Waals surface area contributed by atoms with Crippen LogP contribution >= 0.6 is 0 Å². The third kappa shape index (κ3) is 3.37. The average molecular weight is 381 g/mol. The van der Waals surface area contributed by atoms with Crippen LogP contribution in [0.25, 0.3) is 0 Å². The van der Waals surface area contributed by atoms with E-state index in [1.54, 1.807) is 61.2 Å². The van der Waals surface area contributed by atoms with Crippen molar-refractivity contribution in [3.8, 4) is 0 Å². The number of fused-ring (bicyclic) bond motifs is 1. The van der Waals surface area contributed by atoms with E-state index in [1.165, 1.54) is 4.31 Å². The van der Waals surface area contributed by atoms with Crippen LogP contribution in [0.2, 0.25) is 0 Å². The number of nitrogens with zero attached hydrogens (tertiary/aromatic N) is 3. The molecule has 0 bridgehead atoms. The quantitative estimate of drug-likeness (QED) is 0.750. The Bertz CT molecular complexity index is 1030. The molecule has 0 amide bonds. The van der Waals surface area contributed by atoms with Gasteiger partial charge in [0.25, 0.3) is 0 Å². The van der Waals surface area contributed by atoms with E-state index in [4.69, 9.17) is 0 Å². The zero-order valence-electron chi connectivity index (χ0n) is 14.5. The average Bonchev–Trinajstić information content (AvgIpc) is 2.71. The third-order valence-corrected chi connectivity index (χ3v) is 6.79. The SMILES string of the molecule is O=S1(=O)c2ccccc2[C@@H](O)[C@H](Cc2ccncc2)N1Cc1ccncc1. The van der Waals surface area contributed by atoms with Gasteiger partial charge in [0.2, 0.25) is 10.0 Å². The summed E-state index contributed by atoms with van der Waals surface area (Å²) in [6, 6.07) is 13.3. The van der Waals surface area contributed by atoms with Gasteiger partial charge in [0.1, 0.15) is 0 Å². The summed E-state index contributed by atoms with van der Waals surface area (Å²) in [6.45, 7) is 0.173. The minimum Gasteiger partial charge on any atom is -0.387 e. The van der Waals surface area contributed by atoms with Crippen LogP contribution in [0.4, 0.5) is 0 Å². The Morgan fingerprint density at radius 3 is 2.15 bits per heavy atom. The standard InChI is InChI=1S/C20H19N3O3S/c24-20-17-3-1-2-4-19(17)27(25,26)23(14-16-7-11-22-12-8-16)18(20)13-15-5-9-21-10-6-15/h1-12,18,20,24H,13-14H2/t18-,20+/m0/s1. The van der Waals surface area contributed by atoms with E-state index in [-0.39, 0.29) is 11.4 Å². The molecule has 7 heteroatoms. The largest absolute Gasteiger partial charge is 0.387 e. The zero-order valence-corrected chi connectivity index (χ0v) is 15.3. The maximum Gasteiger partial charge on any atom is 0.244 e. The lowest BCUT2D eigenvalue weighted by Crippen LogP contribution is -2.48. The van der Waals surface area contributed by atoms with Crippen molar-refractivity contribution in [2.24, 2.45) is 0 Å². The number of pyridine rings is 2. The number of sulfonamides is 1. The van der Waals surface area contributed by atoms with Gasteiger partial charge in [-0.15, -0.1) is 0 Å². The summed E-state index contributed by atoms with van der Waals surface area (Å²) < 4.78 is 28.1. The van der Waals surface area contributed by atoms with Gasteiger partial charge in [-0.25, -0.2) is 8.42 Å². The molecule has 138 valence electrons. The molecule has 0 unspecified atom stereocenters. The molecule has 3 heterocycles. The van der Waals surface area contributed by atoms with Gasteiger partial charge >= 0.3 is 0 Å². The number of hydrogen-bond donors (Lipinski definition) is 1. The summed E-state index contributed by atoms with van der Waals surface area (Å²) in [5.41, 5.74) is 2.19. The molecule has 1 N–H and O–H groups in total. The predicted molar refractivity (Wildman–Crippen MR) is 100 cm³/mol. The first-order valence-corrected chi connectivity index (χ1v) is 10.1. The Balaban J connectivity index is 1.80. The minimum atomic E-state index is -3.75. The monoisotopic (exact) mass is 381 g/mol. The molecule has 6 nitrogen and oxygen atoms in total. The summed E-state index contributed by atoms with van der Waals surface area (Å²) >= 11 is 0. The molecule has 1 aliphatic rings. The second-order valence-corrected chi connectivity index (χ2v) is 8.37. The lowest BCUT2D eigenvalue weighted by molar-refractivity contribution is 0.0769. The number of rotatable bonds is 4. The van der Waals surface area contributed by atoms with Crippen LogP contribution in [0.1, 0.15) is 22.8 Å². The molecule has 1 aliphatic heterocycles. The van der Waals surface area contributed by atoms with Gasteiger partial charge < -0.3 is 5.11 Å². The fourth-order valence-electron chi connectivity index (χ4n) is 3.47. The molecule has 4 rings (SSSR count). The smallest absolute Gasteiger partial charge is 0.244 e. The van der Waals surface area contributed by atoms with Gasteiger partial charge in [0.05, 0.1) is 17.0 Å². The second kappa shape index (κ2) is 7.19. The fraction of sp³-hybridized carbons (Fsp3) is 0.200. The summed E-state index contributed by atoms with van der Waals surface area (Å²) in [7, 11) is -3.75. The Morgan fingerprint density at radius 1 is 0.889 bits per heavy atom. The van der Waals surface area contributed by atoms with E-state index < -0.39 is 22.2 Å². The maximum atomic E-state index is 13.3. The molecule has 2 atom stereocenters. The zero-order chi connectivity index (χ0) is 18.9. The molecule has 0 saturated carbocycles. The van der Waals surface area contributed by atoms with E-state index in [2.05, 4.69) is 9.97 Å². The van der Waals surface area contributed by atoms with Crippen LogP contribution in [-0.4, -0.2) is 33.8 Å². The van der Waals surface area contributed by atoms with Crippen LogP contribution in [0.15, 0.2) is 78.2 Å². The highest BCUT2D eigenvalue weighted by molar-refractivity contribution is 7.89. The Labute approximate surface area is 158 Å². The molecular formula is C20H19N3O3S. The first-order chi connectivity index (χ1) is 13.1. The fourth-order valence-corrected chi connectivity index (χ4v) is 5.33. The Morgan fingerprint density at radius 2 is 1.48 bits per heavy atom. The summed E-state index contributed by atoms with van der Waals surface area (Å²) in [4.78, 5) is 8.16.